The molecule has 1 amide bonds. The van der Waals surface area contributed by atoms with E-state index < -0.39 is 6.04 Å². The second kappa shape index (κ2) is 9.60. The van der Waals surface area contributed by atoms with E-state index in [2.05, 4.69) is 17.6 Å². The quantitative estimate of drug-likeness (QED) is 0.709. The summed E-state index contributed by atoms with van der Waals surface area (Å²) in [5, 5.41) is 6.15. The van der Waals surface area contributed by atoms with Crippen molar-refractivity contribution in [3.63, 3.8) is 0 Å². The highest BCUT2D eigenvalue weighted by Crippen LogP contribution is 2.24. The highest BCUT2D eigenvalue weighted by Gasteiger charge is 2.30. The molecule has 1 aliphatic heterocycles. The third-order valence-corrected chi connectivity index (χ3v) is 3.89. The first-order valence-electron chi connectivity index (χ1n) is 8.28. The third-order valence-electron chi connectivity index (χ3n) is 3.89. The van der Waals surface area contributed by atoms with Crippen LogP contribution in [0.3, 0.4) is 0 Å². The van der Waals surface area contributed by atoms with Gasteiger partial charge in [-0.2, -0.15) is 0 Å². The summed E-state index contributed by atoms with van der Waals surface area (Å²) in [6.07, 6.45) is 1.06. The number of hydrogen-bond donors (Lipinski definition) is 2. The van der Waals surface area contributed by atoms with Crippen LogP contribution in [0.1, 0.15) is 24.9 Å². The summed E-state index contributed by atoms with van der Waals surface area (Å²) in [5.41, 5.74) is 0.424. The standard InChI is InChI=1S/C17H26FN3O2/c1-2-7-19-8-9-20-17(22)16(21-10-12-23-13-11-21)14-5-3-4-6-15(14)18/h3-6,16,19H,2,7-13H2,1H3,(H,20,22). The van der Waals surface area contributed by atoms with Gasteiger partial charge in [-0.25, -0.2) is 4.39 Å². The molecule has 0 saturated carbocycles. The maximum Gasteiger partial charge on any atom is 0.242 e. The molecule has 2 N–H and O–H groups in total. The molecule has 0 radical (unpaired) electrons. The van der Waals surface area contributed by atoms with Gasteiger partial charge in [0.25, 0.3) is 0 Å². The minimum atomic E-state index is -0.605. The van der Waals surface area contributed by atoms with Gasteiger partial charge >= 0.3 is 0 Å². The molecule has 1 saturated heterocycles. The lowest BCUT2D eigenvalue weighted by Gasteiger charge is -2.34. The van der Waals surface area contributed by atoms with Crippen molar-refractivity contribution >= 4 is 5.91 Å². The normalized spacial score (nSPS) is 17.0. The van der Waals surface area contributed by atoms with Crippen molar-refractivity contribution in [3.8, 4) is 0 Å². The number of carbonyl (C=O) groups excluding carboxylic acids is 1. The summed E-state index contributed by atoms with van der Waals surface area (Å²) < 4.78 is 19.5. The summed E-state index contributed by atoms with van der Waals surface area (Å²) in [6, 6.07) is 5.89. The van der Waals surface area contributed by atoms with Crippen LogP contribution in [0.15, 0.2) is 24.3 Å². The minimum Gasteiger partial charge on any atom is -0.379 e. The van der Waals surface area contributed by atoms with Crippen LogP contribution < -0.4 is 10.6 Å². The van der Waals surface area contributed by atoms with Gasteiger partial charge in [0, 0.05) is 31.7 Å². The van der Waals surface area contributed by atoms with Crippen LogP contribution in [0.25, 0.3) is 0 Å². The molecule has 128 valence electrons. The van der Waals surface area contributed by atoms with Gasteiger partial charge in [0.1, 0.15) is 11.9 Å². The van der Waals surface area contributed by atoms with Crippen molar-refractivity contribution in [3.05, 3.63) is 35.6 Å². The fourth-order valence-electron chi connectivity index (χ4n) is 2.71. The van der Waals surface area contributed by atoms with E-state index in [-0.39, 0.29) is 11.7 Å². The Bertz CT molecular complexity index is 492. The van der Waals surface area contributed by atoms with E-state index in [0.29, 0.717) is 45.0 Å². The SMILES string of the molecule is CCCNCCNC(=O)C(c1ccccc1F)N1CCOCC1. The van der Waals surface area contributed by atoms with E-state index in [0.717, 1.165) is 13.0 Å². The summed E-state index contributed by atoms with van der Waals surface area (Å²) in [7, 11) is 0. The van der Waals surface area contributed by atoms with E-state index in [4.69, 9.17) is 4.74 Å². The van der Waals surface area contributed by atoms with Crippen molar-refractivity contribution in [2.75, 3.05) is 45.9 Å². The predicted octanol–water partition coefficient (Wildman–Crippen LogP) is 1.31. The molecule has 1 aliphatic rings. The maximum atomic E-state index is 14.2. The van der Waals surface area contributed by atoms with Gasteiger partial charge in [0.15, 0.2) is 0 Å². The lowest BCUT2D eigenvalue weighted by Crippen LogP contribution is -2.47. The molecular formula is C17H26FN3O2. The molecule has 5 nitrogen and oxygen atoms in total. The van der Waals surface area contributed by atoms with Crippen molar-refractivity contribution in [2.24, 2.45) is 0 Å². The van der Waals surface area contributed by atoms with Crippen LogP contribution in [0.5, 0.6) is 0 Å². The Kier molecular flexibility index (Phi) is 7.45. The molecule has 1 heterocycles. The molecule has 23 heavy (non-hydrogen) atoms. The Balaban J connectivity index is 2.04. The highest BCUT2D eigenvalue weighted by molar-refractivity contribution is 5.83. The highest BCUT2D eigenvalue weighted by atomic mass is 19.1. The average molecular weight is 323 g/mol. The number of nitrogens with one attached hydrogen (secondary N) is 2. The molecule has 0 spiro atoms. The second-order valence-electron chi connectivity index (χ2n) is 5.61. The van der Waals surface area contributed by atoms with Gasteiger partial charge in [0.05, 0.1) is 13.2 Å². The molecule has 6 heteroatoms. The largest absolute Gasteiger partial charge is 0.379 e. The molecular weight excluding hydrogens is 297 g/mol. The van der Waals surface area contributed by atoms with Gasteiger partial charge < -0.3 is 15.4 Å². The van der Waals surface area contributed by atoms with Gasteiger partial charge in [-0.3, -0.25) is 9.69 Å². The average Bonchev–Trinajstić information content (AvgIpc) is 2.58. The fourth-order valence-corrected chi connectivity index (χ4v) is 2.71. The Morgan fingerprint density at radius 3 is 2.70 bits per heavy atom. The lowest BCUT2D eigenvalue weighted by atomic mass is 10.0. The number of amides is 1. The Morgan fingerprint density at radius 2 is 2.00 bits per heavy atom. The van der Waals surface area contributed by atoms with Crippen molar-refractivity contribution in [2.45, 2.75) is 19.4 Å². The lowest BCUT2D eigenvalue weighted by molar-refractivity contribution is -0.128. The zero-order valence-electron chi connectivity index (χ0n) is 13.7. The Labute approximate surface area is 137 Å². The molecule has 1 fully saturated rings. The van der Waals surface area contributed by atoms with Crippen LogP contribution in [-0.4, -0.2) is 56.7 Å². The first kappa shape index (κ1) is 17.8. The number of nitrogens with zero attached hydrogens (tertiary/aromatic N) is 1. The number of halogens is 1. The first-order chi connectivity index (χ1) is 11.2. The molecule has 1 atom stereocenters. The summed E-state index contributed by atoms with van der Waals surface area (Å²) in [4.78, 5) is 14.6. The summed E-state index contributed by atoms with van der Waals surface area (Å²) >= 11 is 0. The smallest absolute Gasteiger partial charge is 0.242 e. The maximum absolute atomic E-state index is 14.2. The van der Waals surface area contributed by atoms with Crippen LogP contribution in [0.4, 0.5) is 4.39 Å². The minimum absolute atomic E-state index is 0.157. The number of morpholine rings is 1. The van der Waals surface area contributed by atoms with Crippen molar-refractivity contribution < 1.29 is 13.9 Å². The van der Waals surface area contributed by atoms with Gasteiger partial charge in [-0.15, -0.1) is 0 Å². The van der Waals surface area contributed by atoms with Gasteiger partial charge in [-0.05, 0) is 19.0 Å². The monoisotopic (exact) mass is 323 g/mol. The number of benzene rings is 1. The second-order valence-corrected chi connectivity index (χ2v) is 5.61. The molecule has 1 aromatic carbocycles. The van der Waals surface area contributed by atoms with Crippen LogP contribution in [0, 0.1) is 5.82 Å². The fraction of sp³-hybridized carbons (Fsp3) is 0.588. The Morgan fingerprint density at radius 1 is 1.26 bits per heavy atom. The zero-order valence-corrected chi connectivity index (χ0v) is 13.7. The molecule has 0 bridgehead atoms. The number of carbonyl (C=O) groups is 1. The van der Waals surface area contributed by atoms with Crippen molar-refractivity contribution in [1.82, 2.24) is 15.5 Å². The van der Waals surface area contributed by atoms with Crippen LogP contribution in [0.2, 0.25) is 0 Å². The van der Waals surface area contributed by atoms with Crippen molar-refractivity contribution in [1.29, 1.82) is 0 Å². The molecule has 1 aromatic rings. The van der Waals surface area contributed by atoms with E-state index in [1.165, 1.54) is 6.07 Å². The summed E-state index contributed by atoms with van der Waals surface area (Å²) in [6.45, 7) is 6.66. The number of rotatable bonds is 8. The first-order valence-corrected chi connectivity index (χ1v) is 8.28. The number of ether oxygens (including phenoxy) is 1. The molecule has 0 aromatic heterocycles. The predicted molar refractivity (Wildman–Crippen MR) is 87.7 cm³/mol. The molecule has 1 unspecified atom stereocenters. The summed E-state index contributed by atoms with van der Waals surface area (Å²) in [5.74, 6) is -0.501. The topological polar surface area (TPSA) is 53.6 Å². The molecule has 2 rings (SSSR count). The Hall–Kier alpha value is -1.50. The third kappa shape index (κ3) is 5.27. The molecule has 0 aliphatic carbocycles. The van der Waals surface area contributed by atoms with Gasteiger partial charge in [-0.1, -0.05) is 25.1 Å². The van der Waals surface area contributed by atoms with E-state index in [1.54, 1.807) is 18.2 Å². The van der Waals surface area contributed by atoms with E-state index >= 15 is 0 Å². The van der Waals surface area contributed by atoms with Crippen LogP contribution >= 0.6 is 0 Å². The van der Waals surface area contributed by atoms with Crippen LogP contribution in [-0.2, 0) is 9.53 Å². The zero-order chi connectivity index (χ0) is 16.5. The van der Waals surface area contributed by atoms with E-state index in [9.17, 15) is 9.18 Å². The van der Waals surface area contributed by atoms with Gasteiger partial charge in [0.2, 0.25) is 5.91 Å². The van der Waals surface area contributed by atoms with E-state index in [1.807, 2.05) is 4.90 Å². The number of hydrogen-bond acceptors (Lipinski definition) is 4.